The van der Waals surface area contributed by atoms with E-state index in [0.717, 1.165) is 18.7 Å². The minimum absolute atomic E-state index is 0.238. The summed E-state index contributed by atoms with van der Waals surface area (Å²) in [6.45, 7) is 1.81. The van der Waals surface area contributed by atoms with Gasteiger partial charge >= 0.3 is 6.09 Å². The van der Waals surface area contributed by atoms with E-state index in [1.54, 1.807) is 0 Å². The molecule has 1 aromatic carbocycles. The van der Waals surface area contributed by atoms with Gasteiger partial charge in [0.1, 0.15) is 6.61 Å². The third kappa shape index (κ3) is 4.54. The number of alkyl carbamates (subject to hydrolysis) is 1. The topological polar surface area (TPSA) is 70.6 Å². The van der Waals surface area contributed by atoms with Crippen LogP contribution in [-0.2, 0) is 11.3 Å². The van der Waals surface area contributed by atoms with E-state index >= 15 is 0 Å². The highest BCUT2D eigenvalue weighted by Gasteiger charge is 2.23. The molecule has 104 valence electrons. The first kappa shape index (κ1) is 13.8. The molecule has 0 radical (unpaired) electrons. The van der Waals surface area contributed by atoms with Crippen molar-refractivity contribution in [3.8, 4) is 0 Å². The fourth-order valence-corrected chi connectivity index (χ4v) is 2.11. The van der Waals surface area contributed by atoms with Gasteiger partial charge in [0.2, 0.25) is 0 Å². The van der Waals surface area contributed by atoms with Crippen LogP contribution in [0.15, 0.2) is 30.3 Å². The summed E-state index contributed by atoms with van der Waals surface area (Å²) < 4.78 is 5.14. The summed E-state index contributed by atoms with van der Waals surface area (Å²) >= 11 is 0. The predicted octanol–water partition coefficient (Wildman–Crippen LogP) is 1.03. The molecule has 2 rings (SSSR count). The predicted molar refractivity (Wildman–Crippen MR) is 71.7 cm³/mol. The molecule has 0 aromatic heterocycles. The third-order valence-corrected chi connectivity index (χ3v) is 3.23. The van der Waals surface area contributed by atoms with Gasteiger partial charge in [-0.25, -0.2) is 4.79 Å². The summed E-state index contributed by atoms with van der Waals surface area (Å²) in [6.07, 6.45) is 0.361. The molecule has 0 bridgehead atoms. The average Bonchev–Trinajstić information content (AvgIpc) is 2.63. The minimum Gasteiger partial charge on any atom is -0.445 e. The SMILES string of the molecule is O=C(NC1CCNCCC1O)OCc1ccccc1. The molecule has 2 unspecified atom stereocenters. The van der Waals surface area contributed by atoms with Gasteiger partial charge in [-0.3, -0.25) is 0 Å². The van der Waals surface area contributed by atoms with Crippen molar-refractivity contribution in [2.24, 2.45) is 0 Å². The molecule has 19 heavy (non-hydrogen) atoms. The zero-order chi connectivity index (χ0) is 13.5. The van der Waals surface area contributed by atoms with Crippen LogP contribution in [0.1, 0.15) is 18.4 Å². The first-order chi connectivity index (χ1) is 9.25. The number of nitrogens with one attached hydrogen (secondary N) is 2. The molecule has 0 spiro atoms. The van der Waals surface area contributed by atoms with E-state index < -0.39 is 12.2 Å². The van der Waals surface area contributed by atoms with Crippen molar-refractivity contribution in [3.63, 3.8) is 0 Å². The number of carbonyl (C=O) groups is 1. The number of hydrogen-bond donors (Lipinski definition) is 3. The van der Waals surface area contributed by atoms with Crippen molar-refractivity contribution >= 4 is 6.09 Å². The largest absolute Gasteiger partial charge is 0.445 e. The molecule has 1 aliphatic heterocycles. The summed E-state index contributed by atoms with van der Waals surface area (Å²) in [5.41, 5.74) is 0.945. The second-order valence-corrected chi connectivity index (χ2v) is 4.71. The van der Waals surface area contributed by atoms with E-state index in [1.165, 1.54) is 0 Å². The van der Waals surface area contributed by atoms with Crippen LogP contribution in [0.5, 0.6) is 0 Å². The number of hydrogen-bond acceptors (Lipinski definition) is 4. The Labute approximate surface area is 113 Å². The maximum Gasteiger partial charge on any atom is 0.407 e. The Morgan fingerprint density at radius 1 is 1.32 bits per heavy atom. The van der Waals surface area contributed by atoms with E-state index in [1.807, 2.05) is 30.3 Å². The lowest BCUT2D eigenvalue weighted by Gasteiger charge is -2.20. The van der Waals surface area contributed by atoms with E-state index in [0.29, 0.717) is 12.8 Å². The maximum absolute atomic E-state index is 11.7. The standard InChI is InChI=1S/C14H20N2O3/c17-13-7-9-15-8-6-12(13)16-14(18)19-10-11-4-2-1-3-5-11/h1-5,12-13,15,17H,6-10H2,(H,16,18). The third-order valence-electron chi connectivity index (χ3n) is 3.23. The first-order valence-electron chi connectivity index (χ1n) is 6.61. The van der Waals surface area contributed by atoms with Crippen LogP contribution in [0.4, 0.5) is 4.79 Å². The van der Waals surface area contributed by atoms with Gasteiger partial charge in [-0.05, 0) is 31.5 Å². The van der Waals surface area contributed by atoms with Crippen molar-refractivity contribution in [1.82, 2.24) is 10.6 Å². The first-order valence-corrected chi connectivity index (χ1v) is 6.61. The molecule has 0 aliphatic carbocycles. The molecular formula is C14H20N2O3. The van der Waals surface area contributed by atoms with Crippen molar-refractivity contribution in [2.45, 2.75) is 31.6 Å². The van der Waals surface area contributed by atoms with Gasteiger partial charge in [-0.2, -0.15) is 0 Å². The van der Waals surface area contributed by atoms with E-state index in [-0.39, 0.29) is 12.6 Å². The molecule has 1 aliphatic rings. The molecule has 0 saturated carbocycles. The Kier molecular flexibility index (Phi) is 5.18. The zero-order valence-electron chi connectivity index (χ0n) is 10.8. The van der Waals surface area contributed by atoms with Crippen molar-refractivity contribution in [3.05, 3.63) is 35.9 Å². The van der Waals surface area contributed by atoms with Gasteiger partial charge in [-0.1, -0.05) is 30.3 Å². The summed E-state index contributed by atoms with van der Waals surface area (Å²) in [5, 5.41) is 15.8. The minimum atomic E-state index is -0.515. The van der Waals surface area contributed by atoms with Gasteiger partial charge in [0.25, 0.3) is 0 Å². The molecule has 1 fully saturated rings. The zero-order valence-corrected chi connectivity index (χ0v) is 10.8. The maximum atomic E-state index is 11.7. The fraction of sp³-hybridized carbons (Fsp3) is 0.500. The van der Waals surface area contributed by atoms with E-state index in [4.69, 9.17) is 4.74 Å². The molecule has 1 saturated heterocycles. The number of rotatable bonds is 3. The quantitative estimate of drug-likeness (QED) is 0.762. The monoisotopic (exact) mass is 264 g/mol. The Balaban J connectivity index is 1.77. The fourth-order valence-electron chi connectivity index (χ4n) is 2.11. The average molecular weight is 264 g/mol. The summed E-state index contributed by atoms with van der Waals surface area (Å²) in [7, 11) is 0. The van der Waals surface area contributed by atoms with Crippen molar-refractivity contribution in [2.75, 3.05) is 13.1 Å². The smallest absolute Gasteiger partial charge is 0.407 e. The Bertz CT molecular complexity index is 397. The van der Waals surface area contributed by atoms with Crippen molar-refractivity contribution < 1.29 is 14.6 Å². The number of ether oxygens (including phenoxy) is 1. The second-order valence-electron chi connectivity index (χ2n) is 4.71. The van der Waals surface area contributed by atoms with Crippen LogP contribution >= 0.6 is 0 Å². The highest BCUT2D eigenvalue weighted by molar-refractivity contribution is 5.67. The van der Waals surface area contributed by atoms with Gasteiger partial charge in [0, 0.05) is 0 Å². The molecule has 5 heteroatoms. The normalized spacial score (nSPS) is 23.4. The van der Waals surface area contributed by atoms with Gasteiger partial charge in [0.05, 0.1) is 12.1 Å². The molecule has 2 atom stereocenters. The van der Waals surface area contributed by atoms with E-state index in [2.05, 4.69) is 10.6 Å². The molecular weight excluding hydrogens is 244 g/mol. The van der Waals surface area contributed by atoms with Crippen LogP contribution in [0.25, 0.3) is 0 Å². The van der Waals surface area contributed by atoms with Crippen LogP contribution in [-0.4, -0.2) is 36.4 Å². The summed E-state index contributed by atoms with van der Waals surface area (Å²) in [5.74, 6) is 0. The van der Waals surface area contributed by atoms with Gasteiger partial charge in [-0.15, -0.1) is 0 Å². The molecule has 3 N–H and O–H groups in total. The summed E-state index contributed by atoms with van der Waals surface area (Å²) in [4.78, 5) is 11.7. The Morgan fingerprint density at radius 2 is 2.05 bits per heavy atom. The van der Waals surface area contributed by atoms with E-state index in [9.17, 15) is 9.90 Å². The highest BCUT2D eigenvalue weighted by atomic mass is 16.5. The van der Waals surface area contributed by atoms with Crippen LogP contribution < -0.4 is 10.6 Å². The van der Waals surface area contributed by atoms with Crippen LogP contribution in [0.3, 0.4) is 0 Å². The number of aliphatic hydroxyl groups is 1. The lowest BCUT2D eigenvalue weighted by Crippen LogP contribution is -2.43. The molecule has 1 aromatic rings. The van der Waals surface area contributed by atoms with Crippen molar-refractivity contribution in [1.29, 1.82) is 0 Å². The number of amides is 1. The van der Waals surface area contributed by atoms with Gasteiger partial charge < -0.3 is 20.5 Å². The molecule has 1 amide bonds. The Morgan fingerprint density at radius 3 is 2.84 bits per heavy atom. The van der Waals surface area contributed by atoms with Gasteiger partial charge in [0.15, 0.2) is 0 Å². The number of benzene rings is 1. The second kappa shape index (κ2) is 7.11. The number of carbonyl (C=O) groups excluding carboxylic acids is 1. The Hall–Kier alpha value is -1.59. The van der Waals surface area contributed by atoms with Crippen LogP contribution in [0, 0.1) is 0 Å². The van der Waals surface area contributed by atoms with Crippen LogP contribution in [0.2, 0.25) is 0 Å². The molecule has 1 heterocycles. The lowest BCUT2D eigenvalue weighted by molar-refractivity contribution is 0.0997. The summed E-state index contributed by atoms with van der Waals surface area (Å²) in [6, 6.07) is 9.28. The molecule has 5 nitrogen and oxygen atoms in total. The lowest BCUT2D eigenvalue weighted by atomic mass is 10.1. The number of aliphatic hydroxyl groups excluding tert-OH is 1. The highest BCUT2D eigenvalue weighted by Crippen LogP contribution is 2.07.